The molecule has 1 N–H and O–H groups in total. The van der Waals surface area contributed by atoms with Crippen LogP contribution in [0.15, 0.2) is 46.9 Å². The van der Waals surface area contributed by atoms with Gasteiger partial charge in [-0.05, 0) is 58.4 Å². The Hall–Kier alpha value is -1.26. The van der Waals surface area contributed by atoms with Gasteiger partial charge in [0.15, 0.2) is 0 Å². The van der Waals surface area contributed by atoms with Gasteiger partial charge in [0, 0.05) is 0 Å². The molecule has 0 saturated carbocycles. The minimum Gasteiger partial charge on any atom is -0.309 e. The Labute approximate surface area is 113 Å². The highest BCUT2D eigenvalue weighted by Crippen LogP contribution is 2.25. The second-order valence-electron chi connectivity index (χ2n) is 3.95. The van der Waals surface area contributed by atoms with E-state index in [9.17, 15) is 8.78 Å². The summed E-state index contributed by atoms with van der Waals surface area (Å²) in [6.07, 6.45) is 0. The van der Waals surface area contributed by atoms with Crippen LogP contribution in [-0.4, -0.2) is 7.05 Å². The zero-order valence-electron chi connectivity index (χ0n) is 9.75. The Morgan fingerprint density at radius 3 is 2.17 bits per heavy atom. The summed E-state index contributed by atoms with van der Waals surface area (Å²) in [5.41, 5.74) is 1.69. The summed E-state index contributed by atoms with van der Waals surface area (Å²) >= 11 is 3.12. The summed E-state index contributed by atoms with van der Waals surface area (Å²) in [4.78, 5) is 0. The van der Waals surface area contributed by atoms with Crippen LogP contribution >= 0.6 is 15.9 Å². The second kappa shape index (κ2) is 5.59. The molecule has 2 aromatic carbocycles. The van der Waals surface area contributed by atoms with E-state index in [0.29, 0.717) is 4.47 Å². The first-order chi connectivity index (χ1) is 8.61. The fourth-order valence-electron chi connectivity index (χ4n) is 1.87. The van der Waals surface area contributed by atoms with Gasteiger partial charge >= 0.3 is 0 Å². The molecule has 0 fully saturated rings. The molecule has 0 saturated heterocycles. The van der Waals surface area contributed by atoms with Crippen LogP contribution in [0.3, 0.4) is 0 Å². The van der Waals surface area contributed by atoms with Crippen LogP contribution in [-0.2, 0) is 0 Å². The SMILES string of the molecule is CNC(c1ccc(F)cc1)c1ccc(Br)c(F)c1. The van der Waals surface area contributed by atoms with Gasteiger partial charge in [0.05, 0.1) is 10.5 Å². The fraction of sp³-hybridized carbons (Fsp3) is 0.143. The van der Waals surface area contributed by atoms with Crippen molar-refractivity contribution in [2.45, 2.75) is 6.04 Å². The molecule has 0 heterocycles. The van der Waals surface area contributed by atoms with Crippen LogP contribution in [0.1, 0.15) is 17.2 Å². The highest BCUT2D eigenvalue weighted by atomic mass is 79.9. The van der Waals surface area contributed by atoms with Crippen molar-refractivity contribution in [3.8, 4) is 0 Å². The Morgan fingerprint density at radius 2 is 1.61 bits per heavy atom. The normalized spacial score (nSPS) is 12.4. The standard InChI is InChI=1S/C14H12BrF2N/c1-18-14(9-2-5-11(16)6-3-9)10-4-7-12(15)13(17)8-10/h2-8,14,18H,1H3. The molecular formula is C14H12BrF2N. The van der Waals surface area contributed by atoms with Gasteiger partial charge in [0.1, 0.15) is 11.6 Å². The highest BCUT2D eigenvalue weighted by molar-refractivity contribution is 9.10. The molecule has 0 amide bonds. The van der Waals surface area contributed by atoms with Gasteiger partial charge in [-0.1, -0.05) is 18.2 Å². The summed E-state index contributed by atoms with van der Waals surface area (Å²) in [5.74, 6) is -0.592. The van der Waals surface area contributed by atoms with E-state index >= 15 is 0 Å². The van der Waals surface area contributed by atoms with Gasteiger partial charge in [-0.15, -0.1) is 0 Å². The molecule has 0 bridgehead atoms. The van der Waals surface area contributed by atoms with Gasteiger partial charge in [-0.3, -0.25) is 0 Å². The smallest absolute Gasteiger partial charge is 0.137 e. The number of benzene rings is 2. The number of nitrogens with one attached hydrogen (secondary N) is 1. The first-order valence-corrected chi connectivity index (χ1v) is 6.29. The van der Waals surface area contributed by atoms with E-state index in [-0.39, 0.29) is 17.7 Å². The lowest BCUT2D eigenvalue weighted by molar-refractivity contribution is 0.608. The van der Waals surface area contributed by atoms with Crippen molar-refractivity contribution in [1.29, 1.82) is 0 Å². The number of hydrogen-bond donors (Lipinski definition) is 1. The fourth-order valence-corrected chi connectivity index (χ4v) is 2.12. The molecule has 0 aliphatic rings. The Kier molecular flexibility index (Phi) is 4.09. The predicted molar refractivity (Wildman–Crippen MR) is 71.4 cm³/mol. The highest BCUT2D eigenvalue weighted by Gasteiger charge is 2.13. The number of rotatable bonds is 3. The van der Waals surface area contributed by atoms with Crippen molar-refractivity contribution in [3.63, 3.8) is 0 Å². The minimum atomic E-state index is -0.310. The first-order valence-electron chi connectivity index (χ1n) is 5.49. The van der Waals surface area contributed by atoms with Crippen molar-refractivity contribution < 1.29 is 8.78 Å². The molecule has 0 aromatic heterocycles. The van der Waals surface area contributed by atoms with E-state index < -0.39 is 0 Å². The monoisotopic (exact) mass is 311 g/mol. The van der Waals surface area contributed by atoms with Crippen LogP contribution in [0, 0.1) is 11.6 Å². The van der Waals surface area contributed by atoms with Gasteiger partial charge < -0.3 is 5.32 Å². The van der Waals surface area contributed by atoms with Crippen LogP contribution < -0.4 is 5.32 Å². The molecule has 1 nitrogen and oxygen atoms in total. The third kappa shape index (κ3) is 2.76. The topological polar surface area (TPSA) is 12.0 Å². The van der Waals surface area contributed by atoms with Crippen LogP contribution in [0.25, 0.3) is 0 Å². The van der Waals surface area contributed by atoms with Gasteiger partial charge in [0.2, 0.25) is 0 Å². The Morgan fingerprint density at radius 1 is 1.00 bits per heavy atom. The van der Waals surface area contributed by atoms with Gasteiger partial charge in [-0.25, -0.2) is 8.78 Å². The minimum absolute atomic E-state index is 0.159. The van der Waals surface area contributed by atoms with E-state index in [4.69, 9.17) is 0 Å². The lowest BCUT2D eigenvalue weighted by atomic mass is 9.99. The molecule has 94 valence electrons. The van der Waals surface area contributed by atoms with Crippen molar-refractivity contribution >= 4 is 15.9 Å². The van der Waals surface area contributed by atoms with E-state index in [2.05, 4.69) is 21.2 Å². The first kappa shape index (κ1) is 13.2. The molecule has 1 atom stereocenters. The van der Waals surface area contributed by atoms with E-state index in [0.717, 1.165) is 11.1 Å². The van der Waals surface area contributed by atoms with Crippen molar-refractivity contribution in [2.24, 2.45) is 0 Å². The lowest BCUT2D eigenvalue weighted by Crippen LogP contribution is -2.17. The molecule has 4 heteroatoms. The predicted octanol–water partition coefficient (Wildman–Crippen LogP) is 4.04. The average molecular weight is 312 g/mol. The molecule has 2 rings (SSSR count). The van der Waals surface area contributed by atoms with Crippen LogP contribution in [0.4, 0.5) is 8.78 Å². The summed E-state index contributed by atoms with van der Waals surface area (Å²) in [6, 6.07) is 11.0. The van der Waals surface area contributed by atoms with Crippen molar-refractivity contribution in [1.82, 2.24) is 5.32 Å². The van der Waals surface area contributed by atoms with Gasteiger partial charge in [0.25, 0.3) is 0 Å². The Bertz CT molecular complexity index is 540. The van der Waals surface area contributed by atoms with Crippen molar-refractivity contribution in [3.05, 3.63) is 69.7 Å². The lowest BCUT2D eigenvalue weighted by Gasteiger charge is -2.17. The third-order valence-corrected chi connectivity index (χ3v) is 3.41. The average Bonchev–Trinajstić information content (AvgIpc) is 2.37. The largest absolute Gasteiger partial charge is 0.309 e. The zero-order chi connectivity index (χ0) is 13.1. The van der Waals surface area contributed by atoms with E-state index in [1.54, 1.807) is 25.2 Å². The summed E-state index contributed by atoms with van der Waals surface area (Å²) < 4.78 is 26.8. The van der Waals surface area contributed by atoms with Gasteiger partial charge in [-0.2, -0.15) is 0 Å². The quantitative estimate of drug-likeness (QED) is 0.902. The van der Waals surface area contributed by atoms with E-state index in [1.807, 2.05) is 6.07 Å². The molecular weight excluding hydrogens is 300 g/mol. The maximum atomic E-state index is 13.5. The zero-order valence-corrected chi connectivity index (χ0v) is 11.3. The summed E-state index contributed by atoms with van der Waals surface area (Å²) in [7, 11) is 1.79. The Balaban J connectivity index is 2.38. The molecule has 18 heavy (non-hydrogen) atoms. The molecule has 1 unspecified atom stereocenters. The second-order valence-corrected chi connectivity index (χ2v) is 4.80. The number of halogens is 3. The summed E-state index contributed by atoms with van der Waals surface area (Å²) in [5, 5.41) is 3.10. The molecule has 0 spiro atoms. The molecule has 0 aliphatic carbocycles. The van der Waals surface area contributed by atoms with E-state index in [1.165, 1.54) is 18.2 Å². The maximum Gasteiger partial charge on any atom is 0.137 e. The van der Waals surface area contributed by atoms with Crippen LogP contribution in [0.2, 0.25) is 0 Å². The summed E-state index contributed by atoms with van der Waals surface area (Å²) in [6.45, 7) is 0. The van der Waals surface area contributed by atoms with Crippen LogP contribution in [0.5, 0.6) is 0 Å². The molecule has 0 aliphatic heterocycles. The number of hydrogen-bond acceptors (Lipinski definition) is 1. The molecule has 0 radical (unpaired) electrons. The maximum absolute atomic E-state index is 13.5. The van der Waals surface area contributed by atoms with Crippen molar-refractivity contribution in [2.75, 3.05) is 7.05 Å². The third-order valence-electron chi connectivity index (χ3n) is 2.77. The molecule has 2 aromatic rings.